The lowest BCUT2D eigenvalue weighted by atomic mass is 10.00. The fraction of sp³-hybridized carbons (Fsp3) is 0.250. The van der Waals surface area contributed by atoms with Gasteiger partial charge in [-0.1, -0.05) is 6.07 Å². The molecule has 26 heavy (non-hydrogen) atoms. The SMILES string of the molecule is CCN1C(=O)CCc2c(OCC(=O)Nc3ccc(C#N)cc3)cccc21. The molecule has 1 aliphatic rings. The van der Waals surface area contributed by atoms with Crippen LogP contribution in [-0.4, -0.2) is 25.0 Å². The Hall–Kier alpha value is -3.33. The van der Waals surface area contributed by atoms with E-state index in [4.69, 9.17) is 10.00 Å². The zero-order valence-electron chi connectivity index (χ0n) is 14.5. The first-order valence-electron chi connectivity index (χ1n) is 8.47. The predicted molar refractivity (Wildman–Crippen MR) is 98.1 cm³/mol. The van der Waals surface area contributed by atoms with E-state index in [-0.39, 0.29) is 18.4 Å². The second-order valence-corrected chi connectivity index (χ2v) is 5.92. The van der Waals surface area contributed by atoms with Gasteiger partial charge in [0.05, 0.1) is 17.3 Å². The number of carbonyl (C=O) groups is 2. The first-order chi connectivity index (χ1) is 12.6. The van der Waals surface area contributed by atoms with E-state index in [1.165, 1.54) is 0 Å². The van der Waals surface area contributed by atoms with E-state index in [1.807, 2.05) is 31.2 Å². The molecule has 0 fully saturated rings. The van der Waals surface area contributed by atoms with Crippen molar-refractivity contribution in [3.8, 4) is 11.8 Å². The number of amides is 2. The van der Waals surface area contributed by atoms with Crippen LogP contribution in [0, 0.1) is 11.3 Å². The Balaban J connectivity index is 1.66. The molecule has 1 heterocycles. The number of ether oxygens (including phenoxy) is 1. The zero-order valence-corrected chi connectivity index (χ0v) is 14.5. The van der Waals surface area contributed by atoms with Crippen LogP contribution in [0.15, 0.2) is 42.5 Å². The standard InChI is InChI=1S/C20H19N3O3/c1-2-23-17-4-3-5-18(16(17)10-11-20(23)25)26-13-19(24)22-15-8-6-14(12-21)7-9-15/h3-9H,2,10-11,13H2,1H3,(H,22,24). The molecule has 6 heteroatoms. The van der Waals surface area contributed by atoms with Crippen LogP contribution in [-0.2, 0) is 16.0 Å². The van der Waals surface area contributed by atoms with E-state index in [1.54, 1.807) is 29.2 Å². The molecular weight excluding hydrogens is 330 g/mol. The van der Waals surface area contributed by atoms with Crippen LogP contribution in [0.25, 0.3) is 0 Å². The van der Waals surface area contributed by atoms with Gasteiger partial charge in [-0.25, -0.2) is 0 Å². The summed E-state index contributed by atoms with van der Waals surface area (Å²) in [4.78, 5) is 25.9. The first-order valence-corrected chi connectivity index (χ1v) is 8.47. The number of hydrogen-bond acceptors (Lipinski definition) is 4. The molecule has 1 aliphatic heterocycles. The van der Waals surface area contributed by atoms with Gasteiger partial charge in [-0.05, 0) is 49.7 Å². The topological polar surface area (TPSA) is 82.4 Å². The third kappa shape index (κ3) is 3.67. The monoisotopic (exact) mass is 349 g/mol. The number of rotatable bonds is 5. The van der Waals surface area contributed by atoms with Crippen LogP contribution in [0.3, 0.4) is 0 Å². The number of nitrogens with one attached hydrogen (secondary N) is 1. The summed E-state index contributed by atoms with van der Waals surface area (Å²) >= 11 is 0. The Morgan fingerprint density at radius 2 is 2.00 bits per heavy atom. The van der Waals surface area contributed by atoms with Crippen molar-refractivity contribution in [1.82, 2.24) is 0 Å². The van der Waals surface area contributed by atoms with Gasteiger partial charge in [0.2, 0.25) is 5.91 Å². The molecule has 2 amide bonds. The number of nitrogens with zero attached hydrogens (tertiary/aromatic N) is 2. The Kier molecular flexibility index (Phi) is 5.18. The molecule has 6 nitrogen and oxygen atoms in total. The number of hydrogen-bond donors (Lipinski definition) is 1. The summed E-state index contributed by atoms with van der Waals surface area (Å²) in [5.74, 6) is 0.450. The van der Waals surface area contributed by atoms with E-state index >= 15 is 0 Å². The van der Waals surface area contributed by atoms with E-state index in [0.29, 0.717) is 36.4 Å². The second kappa shape index (κ2) is 7.70. The van der Waals surface area contributed by atoms with Gasteiger partial charge in [0, 0.05) is 24.2 Å². The number of benzene rings is 2. The number of carbonyl (C=O) groups excluding carboxylic acids is 2. The smallest absolute Gasteiger partial charge is 0.262 e. The molecule has 132 valence electrons. The maximum Gasteiger partial charge on any atom is 0.262 e. The molecule has 0 saturated carbocycles. The van der Waals surface area contributed by atoms with Crippen LogP contribution in [0.4, 0.5) is 11.4 Å². The minimum atomic E-state index is -0.286. The van der Waals surface area contributed by atoms with Crippen molar-refractivity contribution in [3.63, 3.8) is 0 Å². The van der Waals surface area contributed by atoms with E-state index in [0.717, 1.165) is 11.3 Å². The Bertz CT molecular complexity index is 869. The average Bonchev–Trinajstić information content (AvgIpc) is 2.66. The van der Waals surface area contributed by atoms with Crippen molar-refractivity contribution < 1.29 is 14.3 Å². The Labute approximate surface area is 152 Å². The highest BCUT2D eigenvalue weighted by atomic mass is 16.5. The maximum atomic E-state index is 12.1. The molecule has 2 aromatic carbocycles. The molecular formula is C20H19N3O3. The molecule has 0 spiro atoms. The van der Waals surface area contributed by atoms with Crippen molar-refractivity contribution in [2.45, 2.75) is 19.8 Å². The minimum absolute atomic E-state index is 0.107. The van der Waals surface area contributed by atoms with Crippen molar-refractivity contribution >= 4 is 23.2 Å². The van der Waals surface area contributed by atoms with E-state index in [2.05, 4.69) is 5.32 Å². The van der Waals surface area contributed by atoms with Gasteiger partial charge in [0.25, 0.3) is 5.91 Å². The van der Waals surface area contributed by atoms with Gasteiger partial charge in [0.15, 0.2) is 6.61 Å². The zero-order chi connectivity index (χ0) is 18.5. The van der Waals surface area contributed by atoms with Crippen molar-refractivity contribution in [2.75, 3.05) is 23.4 Å². The lowest BCUT2D eigenvalue weighted by Gasteiger charge is -2.29. The third-order valence-corrected chi connectivity index (χ3v) is 4.26. The van der Waals surface area contributed by atoms with Gasteiger partial charge < -0.3 is 15.0 Å². The summed E-state index contributed by atoms with van der Waals surface area (Å²) in [6.07, 6.45) is 1.05. The summed E-state index contributed by atoms with van der Waals surface area (Å²) in [5, 5.41) is 11.5. The molecule has 0 saturated heterocycles. The fourth-order valence-corrected chi connectivity index (χ4v) is 3.01. The van der Waals surface area contributed by atoms with E-state index < -0.39 is 0 Å². The summed E-state index contributed by atoms with van der Waals surface area (Å²) in [5.41, 5.74) is 2.95. The van der Waals surface area contributed by atoms with Crippen molar-refractivity contribution in [3.05, 3.63) is 53.6 Å². The summed E-state index contributed by atoms with van der Waals surface area (Å²) in [6, 6.07) is 14.2. The summed E-state index contributed by atoms with van der Waals surface area (Å²) in [7, 11) is 0. The van der Waals surface area contributed by atoms with E-state index in [9.17, 15) is 9.59 Å². The van der Waals surface area contributed by atoms with Gasteiger partial charge in [-0.2, -0.15) is 5.26 Å². The highest BCUT2D eigenvalue weighted by Gasteiger charge is 2.25. The molecule has 0 atom stereocenters. The lowest BCUT2D eigenvalue weighted by molar-refractivity contribution is -0.119. The number of anilines is 2. The number of nitriles is 1. The van der Waals surface area contributed by atoms with Gasteiger partial charge in [-0.15, -0.1) is 0 Å². The number of fused-ring (bicyclic) bond motifs is 1. The third-order valence-electron chi connectivity index (χ3n) is 4.26. The molecule has 2 aromatic rings. The highest BCUT2D eigenvalue weighted by molar-refractivity contribution is 5.97. The average molecular weight is 349 g/mol. The van der Waals surface area contributed by atoms with Gasteiger partial charge in [-0.3, -0.25) is 9.59 Å². The van der Waals surface area contributed by atoms with Crippen LogP contribution >= 0.6 is 0 Å². The van der Waals surface area contributed by atoms with Crippen molar-refractivity contribution in [1.29, 1.82) is 5.26 Å². The molecule has 3 rings (SSSR count). The van der Waals surface area contributed by atoms with Crippen LogP contribution < -0.4 is 15.0 Å². The second-order valence-electron chi connectivity index (χ2n) is 5.92. The largest absolute Gasteiger partial charge is 0.483 e. The van der Waals surface area contributed by atoms with Gasteiger partial charge >= 0.3 is 0 Å². The van der Waals surface area contributed by atoms with Crippen LogP contribution in [0.1, 0.15) is 24.5 Å². The Morgan fingerprint density at radius 3 is 2.69 bits per heavy atom. The maximum absolute atomic E-state index is 12.1. The molecule has 0 aromatic heterocycles. The quantitative estimate of drug-likeness (QED) is 0.900. The molecule has 0 unspecified atom stereocenters. The van der Waals surface area contributed by atoms with Crippen LogP contribution in [0.2, 0.25) is 0 Å². The fourth-order valence-electron chi connectivity index (χ4n) is 3.01. The van der Waals surface area contributed by atoms with Crippen LogP contribution in [0.5, 0.6) is 5.75 Å². The normalized spacial score (nSPS) is 12.9. The molecule has 0 bridgehead atoms. The molecule has 0 radical (unpaired) electrons. The summed E-state index contributed by atoms with van der Waals surface area (Å²) < 4.78 is 5.71. The van der Waals surface area contributed by atoms with Crippen molar-refractivity contribution in [2.24, 2.45) is 0 Å². The lowest BCUT2D eigenvalue weighted by Crippen LogP contribution is -2.35. The Morgan fingerprint density at radius 1 is 1.23 bits per heavy atom. The minimum Gasteiger partial charge on any atom is -0.483 e. The predicted octanol–water partition coefficient (Wildman–Crippen LogP) is 2.87. The first kappa shape index (κ1) is 17.5. The molecule has 1 N–H and O–H groups in total. The highest BCUT2D eigenvalue weighted by Crippen LogP contribution is 2.34. The molecule has 0 aliphatic carbocycles. The van der Waals surface area contributed by atoms with Gasteiger partial charge in [0.1, 0.15) is 5.75 Å². The summed E-state index contributed by atoms with van der Waals surface area (Å²) in [6.45, 7) is 2.41.